The maximum absolute atomic E-state index is 12.8. The molecule has 3 rings (SSSR count). The van der Waals surface area contributed by atoms with Gasteiger partial charge in [-0.15, -0.1) is 0 Å². The van der Waals surface area contributed by atoms with Gasteiger partial charge in [0, 0.05) is 25.3 Å². The lowest BCUT2D eigenvalue weighted by atomic mass is 9.95. The zero-order valence-electron chi connectivity index (χ0n) is 16.2. The molecule has 5 nitrogen and oxygen atoms in total. The fourth-order valence-corrected chi connectivity index (χ4v) is 3.44. The van der Waals surface area contributed by atoms with E-state index in [1.165, 1.54) is 4.90 Å². The molecule has 1 N–H and O–H groups in total. The van der Waals surface area contributed by atoms with Gasteiger partial charge in [0.15, 0.2) is 0 Å². The Morgan fingerprint density at radius 2 is 1.75 bits per heavy atom. The van der Waals surface area contributed by atoms with Crippen LogP contribution in [0.3, 0.4) is 0 Å². The predicted molar refractivity (Wildman–Crippen MR) is 108 cm³/mol. The van der Waals surface area contributed by atoms with E-state index >= 15 is 0 Å². The van der Waals surface area contributed by atoms with E-state index in [0.29, 0.717) is 31.7 Å². The van der Waals surface area contributed by atoms with Crippen molar-refractivity contribution in [1.82, 2.24) is 4.90 Å². The van der Waals surface area contributed by atoms with Crippen molar-refractivity contribution in [3.8, 4) is 0 Å². The molecule has 0 saturated carbocycles. The van der Waals surface area contributed by atoms with Crippen LogP contribution in [0.2, 0.25) is 0 Å². The van der Waals surface area contributed by atoms with Crippen molar-refractivity contribution in [2.45, 2.75) is 26.3 Å². The van der Waals surface area contributed by atoms with Crippen molar-refractivity contribution in [3.05, 3.63) is 76.9 Å². The highest BCUT2D eigenvalue weighted by atomic mass is 16.5. The zero-order chi connectivity index (χ0) is 20.1. The van der Waals surface area contributed by atoms with E-state index in [9.17, 15) is 14.7 Å². The molecule has 28 heavy (non-hydrogen) atoms. The van der Waals surface area contributed by atoms with E-state index in [2.05, 4.69) is 0 Å². The van der Waals surface area contributed by atoms with Crippen LogP contribution in [-0.4, -0.2) is 41.5 Å². The van der Waals surface area contributed by atoms with Gasteiger partial charge in [0.25, 0.3) is 11.7 Å². The molecule has 0 aliphatic carbocycles. The number of aliphatic hydroxyl groups is 1. The van der Waals surface area contributed by atoms with Crippen LogP contribution in [0, 0.1) is 6.92 Å². The van der Waals surface area contributed by atoms with Crippen LogP contribution in [0.15, 0.2) is 60.2 Å². The van der Waals surface area contributed by atoms with Crippen molar-refractivity contribution in [2.24, 2.45) is 0 Å². The third kappa shape index (κ3) is 3.99. The molecule has 2 aromatic carbocycles. The molecule has 0 spiro atoms. The van der Waals surface area contributed by atoms with E-state index in [1.54, 1.807) is 12.1 Å². The van der Waals surface area contributed by atoms with Crippen LogP contribution in [0.1, 0.15) is 36.1 Å². The molecule has 5 heteroatoms. The lowest BCUT2D eigenvalue weighted by molar-refractivity contribution is -0.140. The summed E-state index contributed by atoms with van der Waals surface area (Å²) < 4.78 is 5.37. The molecule has 1 aliphatic rings. The summed E-state index contributed by atoms with van der Waals surface area (Å²) in [5, 5.41) is 10.9. The molecule has 1 aliphatic heterocycles. The summed E-state index contributed by atoms with van der Waals surface area (Å²) in [4.78, 5) is 27.1. The summed E-state index contributed by atoms with van der Waals surface area (Å²) in [6.45, 7) is 5.37. The second kappa shape index (κ2) is 8.85. The van der Waals surface area contributed by atoms with Gasteiger partial charge in [0.1, 0.15) is 5.76 Å². The Balaban J connectivity index is 2.03. The highest BCUT2D eigenvalue weighted by Crippen LogP contribution is 2.39. The first kappa shape index (κ1) is 19.8. The van der Waals surface area contributed by atoms with Crippen molar-refractivity contribution in [3.63, 3.8) is 0 Å². The molecule has 1 saturated heterocycles. The lowest BCUT2D eigenvalue weighted by Gasteiger charge is -2.25. The van der Waals surface area contributed by atoms with E-state index in [1.807, 2.05) is 56.3 Å². The molecule has 1 fully saturated rings. The number of carbonyl (C=O) groups excluding carboxylic acids is 2. The summed E-state index contributed by atoms with van der Waals surface area (Å²) in [6.07, 6.45) is 0.620. The smallest absolute Gasteiger partial charge is 0.295 e. The van der Waals surface area contributed by atoms with Crippen LogP contribution >= 0.6 is 0 Å². The molecule has 1 heterocycles. The second-order valence-electron chi connectivity index (χ2n) is 6.82. The second-order valence-corrected chi connectivity index (χ2v) is 6.82. The minimum Gasteiger partial charge on any atom is -0.507 e. The average molecular weight is 379 g/mol. The van der Waals surface area contributed by atoms with Gasteiger partial charge in [-0.25, -0.2) is 0 Å². The van der Waals surface area contributed by atoms with Crippen LogP contribution in [0.25, 0.3) is 5.76 Å². The number of hydrogen-bond acceptors (Lipinski definition) is 4. The van der Waals surface area contributed by atoms with Crippen LogP contribution < -0.4 is 0 Å². The minimum atomic E-state index is -0.650. The molecule has 1 atom stereocenters. The third-order valence-corrected chi connectivity index (χ3v) is 4.87. The summed E-state index contributed by atoms with van der Waals surface area (Å²) >= 11 is 0. The number of likely N-dealkylation sites (tertiary alicyclic amines) is 1. The number of benzene rings is 2. The largest absolute Gasteiger partial charge is 0.507 e. The number of ketones is 1. The molecule has 1 amide bonds. The van der Waals surface area contributed by atoms with Crippen molar-refractivity contribution < 1.29 is 19.4 Å². The number of ether oxygens (including phenoxy) is 1. The summed E-state index contributed by atoms with van der Waals surface area (Å²) in [6, 6.07) is 16.0. The number of aryl methyl sites for hydroxylation is 1. The molecule has 0 bridgehead atoms. The number of amides is 1. The van der Waals surface area contributed by atoms with Gasteiger partial charge in [-0.1, -0.05) is 60.2 Å². The fourth-order valence-electron chi connectivity index (χ4n) is 3.44. The Kier molecular flexibility index (Phi) is 6.26. The molecule has 1 unspecified atom stereocenters. The monoisotopic (exact) mass is 379 g/mol. The van der Waals surface area contributed by atoms with Crippen LogP contribution in [0.5, 0.6) is 0 Å². The van der Waals surface area contributed by atoms with Gasteiger partial charge >= 0.3 is 0 Å². The van der Waals surface area contributed by atoms with Gasteiger partial charge in [-0.2, -0.15) is 0 Å². The highest BCUT2D eigenvalue weighted by molar-refractivity contribution is 6.46. The van der Waals surface area contributed by atoms with Crippen molar-refractivity contribution in [2.75, 3.05) is 19.8 Å². The fraction of sp³-hybridized carbons (Fsp3) is 0.304. The first-order valence-electron chi connectivity index (χ1n) is 9.52. The molecule has 0 radical (unpaired) electrons. The van der Waals surface area contributed by atoms with Crippen LogP contribution in [-0.2, 0) is 14.3 Å². The standard InChI is InChI=1S/C23H25NO4/c1-3-28-15-7-14-24-20(17-8-5-4-6-9-17)19(22(26)23(24)27)21(25)18-12-10-16(2)11-13-18/h4-6,8-13,20,25H,3,7,14-15H2,1-2H3/b21-19-. The number of carbonyl (C=O) groups is 2. The molecule has 146 valence electrons. The molecule has 2 aromatic rings. The summed E-state index contributed by atoms with van der Waals surface area (Å²) in [7, 11) is 0. The first-order valence-corrected chi connectivity index (χ1v) is 9.52. The maximum Gasteiger partial charge on any atom is 0.295 e. The average Bonchev–Trinajstić information content (AvgIpc) is 2.97. The topological polar surface area (TPSA) is 66.8 Å². The lowest BCUT2D eigenvalue weighted by Crippen LogP contribution is -2.31. The summed E-state index contributed by atoms with van der Waals surface area (Å²) in [5.41, 5.74) is 2.51. The SMILES string of the molecule is CCOCCCN1C(=O)C(=O)/C(=C(\O)c2ccc(C)cc2)C1c1ccccc1. The Bertz CT molecular complexity index is 871. The van der Waals surface area contributed by atoms with E-state index in [4.69, 9.17) is 4.74 Å². The quantitative estimate of drug-likeness (QED) is 0.343. The van der Waals surface area contributed by atoms with Gasteiger partial charge in [-0.05, 0) is 25.8 Å². The number of hydrogen-bond donors (Lipinski definition) is 1. The number of rotatable bonds is 7. The van der Waals surface area contributed by atoms with Crippen molar-refractivity contribution >= 4 is 17.4 Å². The Morgan fingerprint density at radius 1 is 1.07 bits per heavy atom. The highest BCUT2D eigenvalue weighted by Gasteiger charge is 2.45. The normalized spacial score (nSPS) is 18.6. The van der Waals surface area contributed by atoms with E-state index in [-0.39, 0.29) is 11.3 Å². The predicted octanol–water partition coefficient (Wildman–Crippen LogP) is 3.84. The maximum atomic E-state index is 12.8. The Labute approximate surface area is 165 Å². The Hall–Kier alpha value is -2.92. The first-order chi connectivity index (χ1) is 13.5. The van der Waals surface area contributed by atoms with Gasteiger partial charge in [0.05, 0.1) is 11.6 Å². The van der Waals surface area contributed by atoms with Crippen LogP contribution in [0.4, 0.5) is 0 Å². The molecular formula is C23H25NO4. The third-order valence-electron chi connectivity index (χ3n) is 4.87. The van der Waals surface area contributed by atoms with E-state index in [0.717, 1.165) is 11.1 Å². The molecular weight excluding hydrogens is 354 g/mol. The number of Topliss-reactive ketones (excluding diaryl/α,β-unsaturated/α-hetero) is 1. The van der Waals surface area contributed by atoms with Gasteiger partial charge in [0.2, 0.25) is 0 Å². The number of aliphatic hydroxyl groups excluding tert-OH is 1. The Morgan fingerprint density at radius 3 is 2.39 bits per heavy atom. The molecule has 0 aromatic heterocycles. The van der Waals surface area contributed by atoms with Gasteiger partial charge < -0.3 is 14.7 Å². The van der Waals surface area contributed by atoms with E-state index < -0.39 is 17.7 Å². The zero-order valence-corrected chi connectivity index (χ0v) is 16.2. The summed E-state index contributed by atoms with van der Waals surface area (Å²) in [5.74, 6) is -1.37. The van der Waals surface area contributed by atoms with Crippen molar-refractivity contribution in [1.29, 1.82) is 0 Å². The number of nitrogens with zero attached hydrogens (tertiary/aromatic N) is 1. The minimum absolute atomic E-state index is 0.136. The van der Waals surface area contributed by atoms with Gasteiger partial charge in [-0.3, -0.25) is 9.59 Å².